The molecule has 3 aromatic heterocycles. The third kappa shape index (κ3) is 4.09. The van der Waals surface area contributed by atoms with E-state index in [1.807, 2.05) is 28.4 Å². The Morgan fingerprint density at radius 1 is 1.21 bits per heavy atom. The topological polar surface area (TPSA) is 69.5 Å². The Hall–Kier alpha value is -3.19. The molecule has 1 aliphatic rings. The van der Waals surface area contributed by atoms with Gasteiger partial charge in [-0.25, -0.2) is 9.50 Å². The number of pyridine rings is 1. The van der Waals surface area contributed by atoms with Gasteiger partial charge in [0.15, 0.2) is 5.65 Å². The number of aromatic nitrogens is 4. The van der Waals surface area contributed by atoms with Crippen molar-refractivity contribution < 1.29 is 4.79 Å². The van der Waals surface area contributed by atoms with Crippen LogP contribution in [0.15, 0.2) is 36.8 Å². The molecule has 178 valence electrons. The predicted octanol–water partition coefficient (Wildman–Crippen LogP) is 4.58. The summed E-state index contributed by atoms with van der Waals surface area (Å²) in [6.45, 7) is 8.76. The van der Waals surface area contributed by atoms with Crippen molar-refractivity contribution in [3.05, 3.63) is 53.5 Å². The molecule has 0 bridgehead atoms. The van der Waals surface area contributed by atoms with E-state index in [4.69, 9.17) is 0 Å². The third-order valence-electron chi connectivity index (χ3n) is 7.06. The summed E-state index contributed by atoms with van der Waals surface area (Å²) >= 11 is 0. The first-order chi connectivity index (χ1) is 16.3. The molecule has 0 unspecified atom stereocenters. The van der Waals surface area contributed by atoms with Crippen LogP contribution in [0.5, 0.6) is 0 Å². The molecule has 0 saturated carbocycles. The zero-order valence-electron chi connectivity index (χ0n) is 20.8. The lowest BCUT2D eigenvalue weighted by Gasteiger charge is -2.33. The van der Waals surface area contributed by atoms with Gasteiger partial charge in [0, 0.05) is 35.8 Å². The number of carbonyl (C=O) groups is 1. The molecule has 1 saturated heterocycles. The monoisotopic (exact) mass is 458 g/mol. The summed E-state index contributed by atoms with van der Waals surface area (Å²) in [4.78, 5) is 24.5. The van der Waals surface area contributed by atoms with Gasteiger partial charge in [-0.15, -0.1) is 0 Å². The number of aromatic amines is 1. The normalized spacial score (nSPS) is 15.3. The number of piperidine rings is 1. The van der Waals surface area contributed by atoms with E-state index in [-0.39, 0.29) is 5.91 Å². The number of likely N-dealkylation sites (N-methyl/N-ethyl adjacent to an activating group) is 1. The Morgan fingerprint density at radius 2 is 1.97 bits per heavy atom. The van der Waals surface area contributed by atoms with Crippen molar-refractivity contribution in [3.63, 3.8) is 0 Å². The van der Waals surface area contributed by atoms with Crippen LogP contribution in [0.1, 0.15) is 55.2 Å². The highest BCUT2D eigenvalue weighted by Gasteiger charge is 2.25. The van der Waals surface area contributed by atoms with Gasteiger partial charge in [0.25, 0.3) is 0 Å². The zero-order valence-corrected chi connectivity index (χ0v) is 20.8. The van der Waals surface area contributed by atoms with Gasteiger partial charge in [-0.1, -0.05) is 19.9 Å². The van der Waals surface area contributed by atoms with Crippen molar-refractivity contribution in [2.75, 3.05) is 33.7 Å². The van der Waals surface area contributed by atoms with Crippen LogP contribution in [0, 0.1) is 6.92 Å². The van der Waals surface area contributed by atoms with Gasteiger partial charge < -0.3 is 14.8 Å². The van der Waals surface area contributed by atoms with Crippen molar-refractivity contribution >= 4 is 22.5 Å². The third-order valence-corrected chi connectivity index (χ3v) is 7.06. The van der Waals surface area contributed by atoms with Crippen molar-refractivity contribution in [3.8, 4) is 11.3 Å². The fourth-order valence-corrected chi connectivity index (χ4v) is 5.37. The van der Waals surface area contributed by atoms with Gasteiger partial charge in [0.1, 0.15) is 6.33 Å². The summed E-state index contributed by atoms with van der Waals surface area (Å²) in [6, 6.07) is 9.07. The fourth-order valence-electron chi connectivity index (χ4n) is 5.37. The van der Waals surface area contributed by atoms with Crippen molar-refractivity contribution in [2.24, 2.45) is 0 Å². The van der Waals surface area contributed by atoms with Gasteiger partial charge in [-0.05, 0) is 80.6 Å². The number of fused-ring (bicyclic) bond motifs is 2. The molecule has 34 heavy (non-hydrogen) atoms. The van der Waals surface area contributed by atoms with E-state index in [2.05, 4.69) is 66.3 Å². The minimum absolute atomic E-state index is 0.232. The highest BCUT2D eigenvalue weighted by atomic mass is 16.2. The summed E-state index contributed by atoms with van der Waals surface area (Å²) in [5.41, 5.74) is 8.17. The molecule has 4 heterocycles. The van der Waals surface area contributed by atoms with Crippen molar-refractivity contribution in [1.29, 1.82) is 0 Å². The van der Waals surface area contributed by atoms with Crippen LogP contribution in [0.2, 0.25) is 0 Å². The van der Waals surface area contributed by atoms with E-state index < -0.39 is 0 Å². The molecule has 0 atom stereocenters. The maximum Gasteiger partial charge on any atom is 0.236 e. The molecule has 4 aromatic rings. The minimum Gasteiger partial charge on any atom is -0.354 e. The van der Waals surface area contributed by atoms with Crippen LogP contribution in [-0.4, -0.2) is 69.0 Å². The molecule has 1 fully saturated rings. The molecule has 5 rings (SSSR count). The van der Waals surface area contributed by atoms with Gasteiger partial charge in [-0.3, -0.25) is 4.79 Å². The average molecular weight is 459 g/mol. The molecule has 0 spiro atoms. The Labute approximate surface area is 200 Å². The second-order valence-corrected chi connectivity index (χ2v) is 10.2. The van der Waals surface area contributed by atoms with Crippen LogP contribution in [0.4, 0.5) is 0 Å². The van der Waals surface area contributed by atoms with Gasteiger partial charge in [-0.2, -0.15) is 5.10 Å². The summed E-state index contributed by atoms with van der Waals surface area (Å²) in [5, 5.41) is 5.66. The molecule has 1 N–H and O–H groups in total. The summed E-state index contributed by atoms with van der Waals surface area (Å²) in [7, 11) is 3.89. The molecule has 7 nitrogen and oxygen atoms in total. The van der Waals surface area contributed by atoms with E-state index in [1.165, 1.54) is 16.5 Å². The van der Waals surface area contributed by atoms with Crippen molar-refractivity contribution in [1.82, 2.24) is 29.4 Å². The molecule has 0 aliphatic carbocycles. The summed E-state index contributed by atoms with van der Waals surface area (Å²) in [5.74, 6) is 1.09. The standard InChI is InChI=1S/C27H34N6O/c1-17(2)25-22-13-20(19-8-10-32(11-9-19)24(34)15-31(4)5)6-7-23(22)30-26(25)21-12-18(3)27-28-16-29-33(27)14-21/h6-7,12-14,16-17,19,30H,8-11,15H2,1-5H3. The number of aryl methyl sites for hydroxylation is 1. The second-order valence-electron chi connectivity index (χ2n) is 10.2. The largest absolute Gasteiger partial charge is 0.354 e. The molecular weight excluding hydrogens is 424 g/mol. The maximum atomic E-state index is 12.4. The number of hydrogen-bond donors (Lipinski definition) is 1. The van der Waals surface area contributed by atoms with Gasteiger partial charge in [0.05, 0.1) is 12.2 Å². The lowest BCUT2D eigenvalue weighted by atomic mass is 9.87. The van der Waals surface area contributed by atoms with Crippen LogP contribution in [0.3, 0.4) is 0 Å². The smallest absolute Gasteiger partial charge is 0.236 e. The SMILES string of the molecule is Cc1cc(-c2[nH]c3ccc(C4CCN(C(=O)CN(C)C)CC4)cc3c2C(C)C)cn2ncnc12. The molecule has 1 aromatic carbocycles. The maximum absolute atomic E-state index is 12.4. The van der Waals surface area contributed by atoms with E-state index in [0.29, 0.717) is 18.4 Å². The molecule has 1 aliphatic heterocycles. The van der Waals surface area contributed by atoms with Gasteiger partial charge >= 0.3 is 0 Å². The molecular formula is C27H34N6O. The number of carbonyl (C=O) groups excluding carboxylic acids is 1. The minimum atomic E-state index is 0.232. The molecule has 7 heteroatoms. The lowest BCUT2D eigenvalue weighted by molar-refractivity contribution is -0.132. The quantitative estimate of drug-likeness (QED) is 0.475. The first kappa shape index (κ1) is 22.6. The Balaban J connectivity index is 1.47. The van der Waals surface area contributed by atoms with E-state index >= 15 is 0 Å². The first-order valence-corrected chi connectivity index (χ1v) is 12.2. The number of hydrogen-bond acceptors (Lipinski definition) is 4. The second kappa shape index (κ2) is 8.87. The number of nitrogens with zero attached hydrogens (tertiary/aromatic N) is 5. The van der Waals surface area contributed by atoms with E-state index in [1.54, 1.807) is 6.33 Å². The Morgan fingerprint density at radius 3 is 2.68 bits per heavy atom. The highest BCUT2D eigenvalue weighted by Crippen LogP contribution is 2.38. The van der Waals surface area contributed by atoms with Crippen LogP contribution >= 0.6 is 0 Å². The zero-order chi connectivity index (χ0) is 24.0. The highest BCUT2D eigenvalue weighted by molar-refractivity contribution is 5.92. The van der Waals surface area contributed by atoms with Crippen LogP contribution in [0.25, 0.3) is 27.8 Å². The number of benzene rings is 1. The Bertz CT molecular complexity index is 1340. The predicted molar refractivity (Wildman–Crippen MR) is 136 cm³/mol. The van der Waals surface area contributed by atoms with Gasteiger partial charge in [0.2, 0.25) is 5.91 Å². The van der Waals surface area contributed by atoms with Crippen LogP contribution < -0.4 is 0 Å². The number of H-pyrrole nitrogens is 1. The molecule has 1 amide bonds. The summed E-state index contributed by atoms with van der Waals surface area (Å²) in [6.07, 6.45) is 5.70. The number of nitrogens with one attached hydrogen (secondary N) is 1. The van der Waals surface area contributed by atoms with Crippen LogP contribution in [-0.2, 0) is 4.79 Å². The Kier molecular flexibility index (Phi) is 5.90. The molecule has 0 radical (unpaired) electrons. The number of likely N-dealkylation sites (tertiary alicyclic amines) is 1. The fraction of sp³-hybridized carbons (Fsp3) is 0.444. The van der Waals surface area contributed by atoms with E-state index in [0.717, 1.165) is 53.9 Å². The van der Waals surface area contributed by atoms with E-state index in [9.17, 15) is 4.79 Å². The number of amides is 1. The lowest BCUT2D eigenvalue weighted by Crippen LogP contribution is -2.42. The first-order valence-electron chi connectivity index (χ1n) is 12.2. The average Bonchev–Trinajstić information content (AvgIpc) is 3.43. The number of rotatable bonds is 5. The summed E-state index contributed by atoms with van der Waals surface area (Å²) < 4.78 is 1.86. The van der Waals surface area contributed by atoms with Crippen molar-refractivity contribution in [2.45, 2.75) is 45.4 Å².